The molecule has 1 N–H and O–H groups in total. The lowest BCUT2D eigenvalue weighted by Gasteiger charge is -2.20. The number of methoxy groups -OCH3 is 1. The maximum Gasteiger partial charge on any atom is 0.0716 e. The first-order chi connectivity index (χ1) is 8.81. The van der Waals surface area contributed by atoms with E-state index in [0.717, 1.165) is 19.8 Å². The van der Waals surface area contributed by atoms with E-state index in [1.54, 1.807) is 7.11 Å². The van der Waals surface area contributed by atoms with Crippen molar-refractivity contribution in [2.24, 2.45) is 5.92 Å². The monoisotopic (exact) mass is 249 g/mol. The van der Waals surface area contributed by atoms with Crippen molar-refractivity contribution in [2.75, 3.05) is 20.3 Å². The Morgan fingerprint density at radius 1 is 1.39 bits per heavy atom. The Kier molecular flexibility index (Phi) is 5.17. The first-order valence-corrected chi connectivity index (χ1v) is 6.68. The summed E-state index contributed by atoms with van der Waals surface area (Å²) in [7, 11) is 1.74. The zero-order valence-corrected chi connectivity index (χ0v) is 11.3. The topological polar surface area (TPSA) is 30.5 Å². The van der Waals surface area contributed by atoms with Gasteiger partial charge in [-0.1, -0.05) is 24.3 Å². The van der Waals surface area contributed by atoms with Gasteiger partial charge in [0.2, 0.25) is 0 Å². The van der Waals surface area contributed by atoms with E-state index < -0.39 is 0 Å². The molecule has 100 valence electrons. The second-order valence-electron chi connectivity index (χ2n) is 4.99. The highest BCUT2D eigenvalue weighted by molar-refractivity contribution is 5.26. The minimum absolute atomic E-state index is 0.503. The third-order valence-electron chi connectivity index (χ3n) is 3.70. The van der Waals surface area contributed by atoms with E-state index in [1.165, 1.54) is 17.5 Å². The number of nitrogens with one attached hydrogen (secondary N) is 1. The highest BCUT2D eigenvalue weighted by atomic mass is 16.5. The lowest BCUT2D eigenvalue weighted by Crippen LogP contribution is -2.33. The molecule has 2 rings (SSSR count). The van der Waals surface area contributed by atoms with E-state index in [2.05, 4.69) is 36.5 Å². The fraction of sp³-hybridized carbons (Fsp3) is 0.600. The molecule has 1 aromatic carbocycles. The van der Waals surface area contributed by atoms with E-state index in [4.69, 9.17) is 9.47 Å². The van der Waals surface area contributed by atoms with Crippen LogP contribution in [0.25, 0.3) is 0 Å². The van der Waals surface area contributed by atoms with Gasteiger partial charge in [-0.05, 0) is 30.4 Å². The van der Waals surface area contributed by atoms with Gasteiger partial charge in [-0.2, -0.15) is 0 Å². The summed E-state index contributed by atoms with van der Waals surface area (Å²) >= 11 is 0. The van der Waals surface area contributed by atoms with Crippen molar-refractivity contribution in [3.05, 3.63) is 35.4 Å². The lowest BCUT2D eigenvalue weighted by atomic mass is 10.00. The van der Waals surface area contributed by atoms with E-state index in [0.29, 0.717) is 18.6 Å². The van der Waals surface area contributed by atoms with Gasteiger partial charge < -0.3 is 14.8 Å². The van der Waals surface area contributed by atoms with E-state index in [1.807, 2.05) is 0 Å². The van der Waals surface area contributed by atoms with Gasteiger partial charge in [0.15, 0.2) is 0 Å². The molecule has 0 saturated carbocycles. The summed E-state index contributed by atoms with van der Waals surface area (Å²) in [6.07, 6.45) is 1.17. The van der Waals surface area contributed by atoms with Crippen LogP contribution < -0.4 is 5.32 Å². The second kappa shape index (κ2) is 6.88. The Labute approximate surface area is 109 Å². The lowest BCUT2D eigenvalue weighted by molar-refractivity contribution is 0.177. The Bertz CT molecular complexity index is 361. The molecule has 2 unspecified atom stereocenters. The molecule has 3 heteroatoms. The molecule has 1 heterocycles. The van der Waals surface area contributed by atoms with Crippen molar-refractivity contribution in [3.63, 3.8) is 0 Å². The van der Waals surface area contributed by atoms with E-state index in [-0.39, 0.29) is 0 Å². The number of hydrogen-bond donors (Lipinski definition) is 1. The predicted molar refractivity (Wildman–Crippen MR) is 72.4 cm³/mol. The number of benzene rings is 1. The van der Waals surface area contributed by atoms with Crippen molar-refractivity contribution < 1.29 is 9.47 Å². The summed E-state index contributed by atoms with van der Waals surface area (Å²) in [6, 6.07) is 8.94. The minimum Gasteiger partial charge on any atom is -0.381 e. The molecule has 1 aliphatic heterocycles. The summed E-state index contributed by atoms with van der Waals surface area (Å²) in [5.41, 5.74) is 2.59. The van der Waals surface area contributed by atoms with Gasteiger partial charge in [-0.15, -0.1) is 0 Å². The van der Waals surface area contributed by atoms with Crippen LogP contribution in [0.15, 0.2) is 24.3 Å². The van der Waals surface area contributed by atoms with Gasteiger partial charge in [-0.3, -0.25) is 0 Å². The maximum atomic E-state index is 5.43. The average molecular weight is 249 g/mol. The first-order valence-electron chi connectivity index (χ1n) is 6.68. The molecule has 3 nitrogen and oxygen atoms in total. The smallest absolute Gasteiger partial charge is 0.0716 e. The Morgan fingerprint density at radius 2 is 2.17 bits per heavy atom. The van der Waals surface area contributed by atoms with E-state index in [9.17, 15) is 0 Å². The number of rotatable bonds is 6. The molecular weight excluding hydrogens is 226 g/mol. The van der Waals surface area contributed by atoms with Crippen molar-refractivity contribution in [2.45, 2.75) is 32.5 Å². The van der Waals surface area contributed by atoms with Crippen LogP contribution in [0.4, 0.5) is 0 Å². The van der Waals surface area contributed by atoms with Crippen LogP contribution in [-0.4, -0.2) is 26.4 Å². The molecule has 1 aromatic rings. The van der Waals surface area contributed by atoms with Gasteiger partial charge in [0.25, 0.3) is 0 Å². The highest BCUT2D eigenvalue weighted by Crippen LogP contribution is 2.17. The van der Waals surface area contributed by atoms with E-state index >= 15 is 0 Å². The van der Waals surface area contributed by atoms with Crippen LogP contribution in [0.3, 0.4) is 0 Å². The van der Waals surface area contributed by atoms with Gasteiger partial charge in [0.05, 0.1) is 13.2 Å². The molecule has 2 atom stereocenters. The molecule has 0 radical (unpaired) electrons. The van der Waals surface area contributed by atoms with Crippen LogP contribution in [0.5, 0.6) is 0 Å². The van der Waals surface area contributed by atoms with Crippen molar-refractivity contribution >= 4 is 0 Å². The standard InChI is InChI=1S/C15H23NO2/c1-12(14-7-8-18-11-14)16-9-13-5-3-4-6-15(13)10-17-2/h3-6,12,14,16H,7-11H2,1-2H3. The number of hydrogen-bond acceptors (Lipinski definition) is 3. The van der Waals surface area contributed by atoms with Crippen molar-refractivity contribution in [1.29, 1.82) is 0 Å². The molecule has 0 bridgehead atoms. The van der Waals surface area contributed by atoms with Gasteiger partial charge in [-0.25, -0.2) is 0 Å². The first kappa shape index (κ1) is 13.5. The zero-order chi connectivity index (χ0) is 12.8. The van der Waals surface area contributed by atoms with Crippen molar-refractivity contribution in [3.8, 4) is 0 Å². The molecule has 0 aromatic heterocycles. The summed E-state index contributed by atoms with van der Waals surface area (Å²) < 4.78 is 10.7. The molecule has 18 heavy (non-hydrogen) atoms. The van der Waals surface area contributed by atoms with Crippen LogP contribution >= 0.6 is 0 Å². The fourth-order valence-electron chi connectivity index (χ4n) is 2.41. The second-order valence-corrected chi connectivity index (χ2v) is 4.99. The Morgan fingerprint density at radius 3 is 2.83 bits per heavy atom. The normalized spacial score (nSPS) is 21.1. The molecule has 0 amide bonds. The summed E-state index contributed by atoms with van der Waals surface area (Å²) in [5.74, 6) is 0.652. The zero-order valence-electron chi connectivity index (χ0n) is 11.3. The molecular formula is C15H23NO2. The maximum absolute atomic E-state index is 5.43. The van der Waals surface area contributed by atoms with Gasteiger partial charge >= 0.3 is 0 Å². The molecule has 0 spiro atoms. The predicted octanol–water partition coefficient (Wildman–Crippen LogP) is 2.35. The summed E-state index contributed by atoms with van der Waals surface area (Å²) in [5, 5.41) is 3.60. The average Bonchev–Trinajstić information content (AvgIpc) is 2.92. The van der Waals surface area contributed by atoms with Crippen LogP contribution in [0.2, 0.25) is 0 Å². The highest BCUT2D eigenvalue weighted by Gasteiger charge is 2.21. The summed E-state index contributed by atoms with van der Waals surface area (Å²) in [4.78, 5) is 0. The molecule has 0 aliphatic carbocycles. The molecule has 1 fully saturated rings. The van der Waals surface area contributed by atoms with Gasteiger partial charge in [0, 0.05) is 26.3 Å². The van der Waals surface area contributed by atoms with Gasteiger partial charge in [0.1, 0.15) is 0 Å². The molecule has 1 saturated heterocycles. The van der Waals surface area contributed by atoms with Crippen LogP contribution in [0, 0.1) is 5.92 Å². The fourth-order valence-corrected chi connectivity index (χ4v) is 2.41. The minimum atomic E-state index is 0.503. The third kappa shape index (κ3) is 3.55. The Balaban J connectivity index is 1.88. The quantitative estimate of drug-likeness (QED) is 0.839. The van der Waals surface area contributed by atoms with Crippen LogP contribution in [-0.2, 0) is 22.6 Å². The molecule has 1 aliphatic rings. The largest absolute Gasteiger partial charge is 0.381 e. The van der Waals surface area contributed by atoms with Crippen LogP contribution in [0.1, 0.15) is 24.5 Å². The van der Waals surface area contributed by atoms with Crippen molar-refractivity contribution in [1.82, 2.24) is 5.32 Å². The number of ether oxygens (including phenoxy) is 2. The third-order valence-corrected chi connectivity index (χ3v) is 3.70. The summed E-state index contributed by atoms with van der Waals surface area (Å²) in [6.45, 7) is 5.64. The SMILES string of the molecule is COCc1ccccc1CNC(C)C1CCOC1. The Hall–Kier alpha value is -0.900.